The fraction of sp³-hybridized carbons (Fsp3) is 0.357. The number of furan rings is 1. The Bertz CT molecular complexity index is 1370. The number of benzene rings is 2. The van der Waals surface area contributed by atoms with Crippen molar-refractivity contribution in [2.24, 2.45) is 5.92 Å². The molecule has 1 aliphatic heterocycles. The molecule has 8 nitrogen and oxygen atoms in total. The van der Waals surface area contributed by atoms with Crippen molar-refractivity contribution in [3.05, 3.63) is 77.2 Å². The van der Waals surface area contributed by atoms with Crippen LogP contribution in [0.15, 0.2) is 59.2 Å². The second-order valence-corrected chi connectivity index (χ2v) is 10.0. The normalized spacial score (nSPS) is 12.9. The first-order valence-electron chi connectivity index (χ1n) is 12.7. The van der Waals surface area contributed by atoms with Gasteiger partial charge in [0.2, 0.25) is 12.7 Å². The Morgan fingerprint density at radius 3 is 2.14 bits per heavy atom. The topological polar surface area (TPSA) is 84.2 Å². The van der Waals surface area contributed by atoms with Gasteiger partial charge in [-0.15, -0.1) is 0 Å². The summed E-state index contributed by atoms with van der Waals surface area (Å²) in [6, 6.07) is 8.17. The molecule has 42 heavy (non-hydrogen) atoms. The molecule has 0 fully saturated rings. The number of fused-ring (bicyclic) bond motifs is 1. The molecule has 0 saturated heterocycles. The van der Waals surface area contributed by atoms with E-state index >= 15 is 0 Å². The van der Waals surface area contributed by atoms with Crippen molar-refractivity contribution in [2.75, 3.05) is 25.2 Å². The van der Waals surface area contributed by atoms with Crippen LogP contribution in [0.1, 0.15) is 36.3 Å². The third-order valence-electron chi connectivity index (χ3n) is 6.13. The van der Waals surface area contributed by atoms with Crippen LogP contribution in [0.3, 0.4) is 0 Å². The highest BCUT2D eigenvalue weighted by molar-refractivity contribution is 5.92. The van der Waals surface area contributed by atoms with Crippen molar-refractivity contribution < 1.29 is 49.8 Å². The maximum absolute atomic E-state index is 13.5. The predicted molar refractivity (Wildman–Crippen MR) is 137 cm³/mol. The fourth-order valence-electron chi connectivity index (χ4n) is 4.24. The standard InChI is InChI=1S/C28H27F6N3O5/c1-17(2)12-37(26(39)35-21-10-19(27(29,30)31)9-20(11-21)28(32,33)34)15-25(38)36(14-22-4-3-7-40-22)13-18-5-6-23-24(8-18)42-16-41-23/h3-11,17H,12-16H2,1-2H3,(H,35,39). The minimum Gasteiger partial charge on any atom is -0.467 e. The van der Waals surface area contributed by atoms with E-state index in [4.69, 9.17) is 13.9 Å². The van der Waals surface area contributed by atoms with Gasteiger partial charge in [-0.05, 0) is 53.9 Å². The first-order valence-corrected chi connectivity index (χ1v) is 12.7. The van der Waals surface area contributed by atoms with Crippen LogP contribution in [0.5, 0.6) is 11.5 Å². The minimum atomic E-state index is -5.09. The van der Waals surface area contributed by atoms with Gasteiger partial charge in [-0.1, -0.05) is 19.9 Å². The van der Waals surface area contributed by atoms with Gasteiger partial charge in [0, 0.05) is 18.8 Å². The number of hydrogen-bond acceptors (Lipinski definition) is 5. The fourth-order valence-corrected chi connectivity index (χ4v) is 4.24. The summed E-state index contributed by atoms with van der Waals surface area (Å²) in [4.78, 5) is 29.1. The number of anilines is 1. The number of amides is 3. The Labute approximate surface area is 236 Å². The molecule has 14 heteroatoms. The lowest BCUT2D eigenvalue weighted by Gasteiger charge is -2.29. The number of alkyl halides is 6. The third-order valence-corrected chi connectivity index (χ3v) is 6.13. The predicted octanol–water partition coefficient (Wildman–Crippen LogP) is 6.76. The minimum absolute atomic E-state index is 0.0126. The highest BCUT2D eigenvalue weighted by atomic mass is 19.4. The largest absolute Gasteiger partial charge is 0.467 e. The molecule has 1 aromatic heterocycles. The van der Waals surface area contributed by atoms with Gasteiger partial charge in [-0.2, -0.15) is 26.3 Å². The second-order valence-electron chi connectivity index (χ2n) is 10.0. The van der Waals surface area contributed by atoms with Crippen LogP contribution in [-0.4, -0.2) is 41.6 Å². The van der Waals surface area contributed by atoms with E-state index in [0.29, 0.717) is 35.0 Å². The van der Waals surface area contributed by atoms with Crippen molar-refractivity contribution >= 4 is 17.6 Å². The van der Waals surface area contributed by atoms with E-state index in [-0.39, 0.29) is 38.4 Å². The molecule has 0 saturated carbocycles. The number of nitrogens with zero attached hydrogens (tertiary/aromatic N) is 2. The van der Waals surface area contributed by atoms with Crippen LogP contribution in [0, 0.1) is 5.92 Å². The molecule has 0 unspecified atom stereocenters. The van der Waals surface area contributed by atoms with Crippen LogP contribution in [0.2, 0.25) is 0 Å². The summed E-state index contributed by atoms with van der Waals surface area (Å²) in [5.74, 6) is 0.763. The zero-order chi connectivity index (χ0) is 30.7. The molecule has 2 aromatic carbocycles. The Morgan fingerprint density at radius 1 is 0.881 bits per heavy atom. The van der Waals surface area contributed by atoms with E-state index in [9.17, 15) is 35.9 Å². The van der Waals surface area contributed by atoms with Gasteiger partial charge < -0.3 is 29.0 Å². The van der Waals surface area contributed by atoms with Crippen molar-refractivity contribution in [3.8, 4) is 11.5 Å². The summed E-state index contributed by atoms with van der Waals surface area (Å²) in [5.41, 5.74) is -3.18. The van der Waals surface area contributed by atoms with E-state index in [1.54, 1.807) is 44.2 Å². The first kappa shape index (κ1) is 30.6. The van der Waals surface area contributed by atoms with E-state index in [0.717, 1.165) is 4.90 Å². The molecular weight excluding hydrogens is 572 g/mol. The summed E-state index contributed by atoms with van der Waals surface area (Å²) in [6.07, 6.45) is -8.74. The molecule has 0 radical (unpaired) electrons. The van der Waals surface area contributed by atoms with Gasteiger partial charge in [0.25, 0.3) is 0 Å². The SMILES string of the molecule is CC(C)CN(CC(=O)N(Cc1ccc2c(c1)OCO2)Cc1ccco1)C(=O)Nc1cc(C(F)(F)F)cc(C(F)(F)F)c1. The molecule has 0 bridgehead atoms. The lowest BCUT2D eigenvalue weighted by atomic mass is 10.1. The lowest BCUT2D eigenvalue weighted by molar-refractivity contribution is -0.143. The van der Waals surface area contributed by atoms with E-state index in [1.165, 1.54) is 11.2 Å². The Balaban J connectivity index is 1.56. The van der Waals surface area contributed by atoms with Crippen molar-refractivity contribution in [3.63, 3.8) is 0 Å². The second kappa shape index (κ2) is 12.2. The van der Waals surface area contributed by atoms with Gasteiger partial charge in [0.15, 0.2) is 11.5 Å². The van der Waals surface area contributed by atoms with Gasteiger partial charge in [0.05, 0.1) is 23.9 Å². The number of nitrogens with one attached hydrogen (secondary N) is 1. The summed E-state index contributed by atoms with van der Waals surface area (Å²) < 4.78 is 96.0. The van der Waals surface area contributed by atoms with Crippen molar-refractivity contribution in [1.29, 1.82) is 0 Å². The summed E-state index contributed by atoms with van der Waals surface area (Å²) in [6.45, 7) is 3.12. The molecule has 3 aromatic rings. The molecule has 0 aliphatic carbocycles. The van der Waals surface area contributed by atoms with Gasteiger partial charge >= 0.3 is 18.4 Å². The molecule has 3 amide bonds. The van der Waals surface area contributed by atoms with Crippen molar-refractivity contribution in [1.82, 2.24) is 9.80 Å². The quantitative estimate of drug-likeness (QED) is 0.275. The zero-order valence-electron chi connectivity index (χ0n) is 22.5. The van der Waals surface area contributed by atoms with Gasteiger partial charge in [0.1, 0.15) is 12.3 Å². The van der Waals surface area contributed by atoms with Crippen LogP contribution in [0.4, 0.5) is 36.8 Å². The number of rotatable bonds is 9. The molecule has 2 heterocycles. The summed E-state index contributed by atoms with van der Waals surface area (Å²) in [5, 5.41) is 2.11. The zero-order valence-corrected chi connectivity index (χ0v) is 22.5. The molecule has 1 N–H and O–H groups in total. The average molecular weight is 600 g/mol. The first-order chi connectivity index (χ1) is 19.7. The summed E-state index contributed by atoms with van der Waals surface area (Å²) in [7, 11) is 0. The van der Waals surface area contributed by atoms with Crippen LogP contribution < -0.4 is 14.8 Å². The van der Waals surface area contributed by atoms with E-state index in [2.05, 4.69) is 5.32 Å². The molecule has 1 aliphatic rings. The Hall–Kier alpha value is -4.36. The Kier molecular flexibility index (Phi) is 8.92. The number of halogens is 6. The maximum atomic E-state index is 13.5. The molecular formula is C28H27F6N3O5. The van der Waals surface area contributed by atoms with Crippen LogP contribution in [0.25, 0.3) is 0 Å². The number of hydrogen-bond donors (Lipinski definition) is 1. The van der Waals surface area contributed by atoms with Gasteiger partial charge in [-0.25, -0.2) is 4.79 Å². The Morgan fingerprint density at radius 2 is 1.55 bits per heavy atom. The monoisotopic (exact) mass is 599 g/mol. The van der Waals surface area contributed by atoms with E-state index in [1.807, 2.05) is 0 Å². The van der Waals surface area contributed by atoms with Crippen molar-refractivity contribution in [2.45, 2.75) is 39.3 Å². The number of ether oxygens (including phenoxy) is 2. The highest BCUT2D eigenvalue weighted by Gasteiger charge is 2.37. The lowest BCUT2D eigenvalue weighted by Crippen LogP contribution is -2.45. The smallest absolute Gasteiger partial charge is 0.416 e. The van der Waals surface area contributed by atoms with Crippen LogP contribution in [-0.2, 0) is 30.2 Å². The maximum Gasteiger partial charge on any atom is 0.416 e. The highest BCUT2D eigenvalue weighted by Crippen LogP contribution is 2.38. The summed E-state index contributed by atoms with van der Waals surface area (Å²) >= 11 is 0. The molecule has 4 rings (SSSR count). The molecule has 0 atom stereocenters. The number of carbonyl (C=O) groups is 2. The van der Waals surface area contributed by atoms with Gasteiger partial charge in [-0.3, -0.25) is 4.79 Å². The van der Waals surface area contributed by atoms with Crippen LogP contribution >= 0.6 is 0 Å². The average Bonchev–Trinajstić information content (AvgIpc) is 3.58. The van der Waals surface area contributed by atoms with E-state index < -0.39 is 47.6 Å². The number of carbonyl (C=O) groups excluding carboxylic acids is 2. The molecule has 226 valence electrons. The number of urea groups is 1. The third kappa shape index (κ3) is 7.89. The molecule has 0 spiro atoms.